The van der Waals surface area contributed by atoms with E-state index in [4.69, 9.17) is 11.6 Å². The van der Waals surface area contributed by atoms with Crippen LogP contribution in [0.5, 0.6) is 0 Å². The number of anilines is 1. The van der Waals surface area contributed by atoms with Crippen molar-refractivity contribution in [3.63, 3.8) is 0 Å². The number of hydrogen-bond acceptors (Lipinski definition) is 2. The van der Waals surface area contributed by atoms with E-state index in [0.29, 0.717) is 10.6 Å². The normalized spacial score (nSPS) is 12.2. The summed E-state index contributed by atoms with van der Waals surface area (Å²) < 4.78 is 14.7. The van der Waals surface area contributed by atoms with E-state index >= 15 is 0 Å². The van der Waals surface area contributed by atoms with E-state index < -0.39 is 11.9 Å². The third-order valence-corrected chi connectivity index (χ3v) is 3.65. The fourth-order valence-electron chi connectivity index (χ4n) is 1.77. The van der Waals surface area contributed by atoms with Gasteiger partial charge in [0, 0.05) is 20.7 Å². The second-order valence-corrected chi connectivity index (χ2v) is 5.32. The van der Waals surface area contributed by atoms with E-state index in [0.717, 1.165) is 10.2 Å². The molecule has 0 amide bonds. The number of aliphatic hydroxyl groups excluding tert-OH is 1. The zero-order valence-electron chi connectivity index (χ0n) is 9.91. The lowest BCUT2D eigenvalue weighted by Gasteiger charge is -2.19. The topological polar surface area (TPSA) is 32.3 Å². The third-order valence-electron chi connectivity index (χ3n) is 2.72. The molecule has 0 bridgehead atoms. The van der Waals surface area contributed by atoms with Crippen LogP contribution in [0.25, 0.3) is 0 Å². The number of benzene rings is 2. The maximum Gasteiger partial charge on any atom is 0.130 e. The second kappa shape index (κ2) is 6.37. The molecule has 0 radical (unpaired) electrons. The highest BCUT2D eigenvalue weighted by atomic mass is 79.9. The van der Waals surface area contributed by atoms with E-state index in [1.165, 1.54) is 6.07 Å². The Hall–Kier alpha value is -1.10. The van der Waals surface area contributed by atoms with E-state index in [9.17, 15) is 9.50 Å². The summed E-state index contributed by atoms with van der Waals surface area (Å²) in [6, 6.07) is 11.3. The van der Waals surface area contributed by atoms with Crippen molar-refractivity contribution in [2.45, 2.75) is 6.04 Å². The smallest absolute Gasteiger partial charge is 0.130 e. The van der Waals surface area contributed by atoms with Gasteiger partial charge >= 0.3 is 0 Å². The molecule has 0 fully saturated rings. The third kappa shape index (κ3) is 3.47. The van der Waals surface area contributed by atoms with Crippen molar-refractivity contribution in [2.75, 3.05) is 11.9 Å². The van der Waals surface area contributed by atoms with Gasteiger partial charge < -0.3 is 10.4 Å². The molecule has 0 spiro atoms. The first-order valence-electron chi connectivity index (χ1n) is 5.68. The van der Waals surface area contributed by atoms with Crippen LogP contribution in [0, 0.1) is 5.82 Å². The Morgan fingerprint density at radius 3 is 2.63 bits per heavy atom. The van der Waals surface area contributed by atoms with E-state index in [1.807, 2.05) is 24.3 Å². The lowest BCUT2D eigenvalue weighted by Crippen LogP contribution is -2.16. The van der Waals surface area contributed by atoms with Gasteiger partial charge in [-0.1, -0.05) is 29.8 Å². The van der Waals surface area contributed by atoms with Crippen LogP contribution in [0.3, 0.4) is 0 Å². The molecule has 2 nitrogen and oxygen atoms in total. The Morgan fingerprint density at radius 2 is 2.00 bits per heavy atom. The van der Waals surface area contributed by atoms with Gasteiger partial charge in [0.05, 0.1) is 12.6 Å². The van der Waals surface area contributed by atoms with Crippen molar-refractivity contribution in [2.24, 2.45) is 0 Å². The fraction of sp³-hybridized carbons (Fsp3) is 0.143. The number of rotatable bonds is 4. The summed E-state index contributed by atoms with van der Waals surface area (Å²) in [5.74, 6) is -0.439. The number of nitrogens with one attached hydrogen (secondary N) is 1. The molecule has 0 saturated carbocycles. The van der Waals surface area contributed by atoms with Crippen molar-refractivity contribution in [1.82, 2.24) is 0 Å². The lowest BCUT2D eigenvalue weighted by atomic mass is 10.1. The standard InChI is InChI=1S/C14H12BrClFNO/c15-11-3-1-2-4-13(11)18-14(8-19)10-6-5-9(16)7-12(10)17/h1-7,14,18-19H,8H2. The largest absolute Gasteiger partial charge is 0.394 e. The Bertz CT molecular complexity index is 579. The summed E-state index contributed by atoms with van der Waals surface area (Å²) in [4.78, 5) is 0. The molecule has 0 aliphatic rings. The molecule has 100 valence electrons. The summed E-state index contributed by atoms with van der Waals surface area (Å²) >= 11 is 9.12. The molecule has 19 heavy (non-hydrogen) atoms. The Morgan fingerprint density at radius 1 is 1.26 bits per heavy atom. The zero-order chi connectivity index (χ0) is 13.8. The molecule has 2 aromatic rings. The van der Waals surface area contributed by atoms with Crippen LogP contribution < -0.4 is 5.32 Å². The van der Waals surface area contributed by atoms with E-state index in [-0.39, 0.29) is 6.61 Å². The molecule has 0 aliphatic carbocycles. The Balaban J connectivity index is 2.28. The van der Waals surface area contributed by atoms with Crippen molar-refractivity contribution in [3.05, 3.63) is 63.3 Å². The molecule has 2 aromatic carbocycles. The number of hydrogen-bond donors (Lipinski definition) is 2. The highest BCUT2D eigenvalue weighted by molar-refractivity contribution is 9.10. The van der Waals surface area contributed by atoms with Gasteiger partial charge in [-0.05, 0) is 40.2 Å². The maximum absolute atomic E-state index is 13.8. The van der Waals surface area contributed by atoms with E-state index in [2.05, 4.69) is 21.2 Å². The highest BCUT2D eigenvalue weighted by Gasteiger charge is 2.16. The summed E-state index contributed by atoms with van der Waals surface area (Å²) in [6.45, 7) is -0.222. The van der Waals surface area contributed by atoms with Crippen molar-refractivity contribution in [1.29, 1.82) is 0 Å². The first-order valence-corrected chi connectivity index (χ1v) is 6.86. The van der Waals surface area contributed by atoms with Gasteiger partial charge in [-0.25, -0.2) is 4.39 Å². The van der Waals surface area contributed by atoms with Crippen molar-refractivity contribution in [3.8, 4) is 0 Å². The summed E-state index contributed by atoms with van der Waals surface area (Å²) in [5.41, 5.74) is 1.17. The van der Waals surface area contributed by atoms with Crippen molar-refractivity contribution < 1.29 is 9.50 Å². The predicted octanol–water partition coefficient (Wildman–Crippen LogP) is 4.39. The van der Waals surface area contributed by atoms with Crippen LogP contribution in [0.4, 0.5) is 10.1 Å². The molecule has 0 heterocycles. The van der Waals surface area contributed by atoms with E-state index in [1.54, 1.807) is 12.1 Å². The minimum absolute atomic E-state index is 0.222. The van der Waals surface area contributed by atoms with Gasteiger partial charge in [0.25, 0.3) is 0 Å². The fourth-order valence-corrected chi connectivity index (χ4v) is 2.33. The van der Waals surface area contributed by atoms with Crippen LogP contribution in [0.15, 0.2) is 46.9 Å². The first-order chi connectivity index (χ1) is 9.11. The van der Waals surface area contributed by atoms with Gasteiger partial charge in [0.15, 0.2) is 0 Å². The van der Waals surface area contributed by atoms with Crippen molar-refractivity contribution >= 4 is 33.2 Å². The maximum atomic E-state index is 13.8. The zero-order valence-corrected chi connectivity index (χ0v) is 12.2. The number of halogens is 3. The minimum Gasteiger partial charge on any atom is -0.394 e. The van der Waals surface area contributed by atoms with Gasteiger partial charge in [0.2, 0.25) is 0 Å². The predicted molar refractivity (Wildman–Crippen MR) is 79.0 cm³/mol. The molecule has 1 atom stereocenters. The molecule has 0 aromatic heterocycles. The van der Waals surface area contributed by atoms with Gasteiger partial charge in [-0.3, -0.25) is 0 Å². The van der Waals surface area contributed by atoms with Gasteiger partial charge in [-0.15, -0.1) is 0 Å². The summed E-state index contributed by atoms with van der Waals surface area (Å²) in [7, 11) is 0. The van der Waals surface area contributed by atoms with Crippen LogP contribution in [-0.4, -0.2) is 11.7 Å². The molecule has 2 N–H and O–H groups in total. The molecule has 0 saturated heterocycles. The molecule has 0 aliphatic heterocycles. The second-order valence-electron chi connectivity index (χ2n) is 4.03. The van der Waals surface area contributed by atoms with Gasteiger partial charge in [0.1, 0.15) is 5.82 Å². The molecule has 2 rings (SSSR count). The molecule has 1 unspecified atom stereocenters. The lowest BCUT2D eigenvalue weighted by molar-refractivity contribution is 0.274. The minimum atomic E-state index is -0.532. The van der Waals surface area contributed by atoms with Crippen LogP contribution in [0.2, 0.25) is 5.02 Å². The quantitative estimate of drug-likeness (QED) is 0.862. The number of para-hydroxylation sites is 1. The average molecular weight is 345 g/mol. The molecular formula is C14H12BrClFNO. The monoisotopic (exact) mass is 343 g/mol. The Labute approximate surface area is 124 Å². The highest BCUT2D eigenvalue weighted by Crippen LogP contribution is 2.28. The van der Waals surface area contributed by atoms with Gasteiger partial charge in [-0.2, -0.15) is 0 Å². The Kier molecular flexibility index (Phi) is 4.80. The van der Waals surface area contributed by atoms with Crippen LogP contribution in [0.1, 0.15) is 11.6 Å². The summed E-state index contributed by atoms with van der Waals surface area (Å²) in [6.07, 6.45) is 0. The molecular weight excluding hydrogens is 333 g/mol. The SMILES string of the molecule is OCC(Nc1ccccc1Br)c1ccc(Cl)cc1F. The molecule has 5 heteroatoms. The summed E-state index contributed by atoms with van der Waals surface area (Å²) in [5, 5.41) is 12.9. The van der Waals surface area contributed by atoms with Crippen LogP contribution >= 0.6 is 27.5 Å². The first kappa shape index (κ1) is 14.3. The average Bonchev–Trinajstić information content (AvgIpc) is 2.39. The number of aliphatic hydroxyl groups is 1. The van der Waals surface area contributed by atoms with Crippen LogP contribution in [-0.2, 0) is 0 Å².